The van der Waals surface area contributed by atoms with Crippen LogP contribution >= 0.6 is 0 Å². The quantitative estimate of drug-likeness (QED) is 0.299. The number of hydrazone groups is 1. The monoisotopic (exact) mass is 454 g/mol. The molecule has 33 heavy (non-hydrogen) atoms. The maximum absolute atomic E-state index is 13.1. The third-order valence-electron chi connectivity index (χ3n) is 5.29. The van der Waals surface area contributed by atoms with E-state index in [1.165, 1.54) is 23.2 Å². The van der Waals surface area contributed by atoms with E-state index in [4.69, 9.17) is 5.73 Å². The Labute approximate surface area is 187 Å². The highest BCUT2D eigenvalue weighted by atomic mass is 16.6. The standard InChI is InChI=1S/C19H22N10O4/c1-12(13-5-7-14(8-6-13)29(31)32)21-23-19(30)16-15(11-27-9-3-2-4-10-27)22-26-28(16)18-17(20)24-33-25-18/h5-8H,2-4,9-11H2,1H3,(H2,20,24)(H,23,30)/b21-12+. The summed E-state index contributed by atoms with van der Waals surface area (Å²) < 4.78 is 5.82. The number of nitrogens with zero attached hydrogens (tertiary/aromatic N) is 8. The second-order valence-corrected chi connectivity index (χ2v) is 7.55. The predicted molar refractivity (Wildman–Crippen MR) is 116 cm³/mol. The van der Waals surface area contributed by atoms with Crippen LogP contribution in [0.25, 0.3) is 5.82 Å². The van der Waals surface area contributed by atoms with Gasteiger partial charge in [0, 0.05) is 18.7 Å². The summed E-state index contributed by atoms with van der Waals surface area (Å²) in [5, 5.41) is 30.4. The number of rotatable bonds is 7. The second-order valence-electron chi connectivity index (χ2n) is 7.55. The lowest BCUT2D eigenvalue weighted by molar-refractivity contribution is -0.384. The fourth-order valence-corrected chi connectivity index (χ4v) is 3.54. The number of non-ortho nitro benzene ring substituents is 1. The number of amides is 1. The summed E-state index contributed by atoms with van der Waals surface area (Å²) in [4.78, 5) is 25.7. The van der Waals surface area contributed by atoms with Crippen LogP contribution in [-0.4, -0.2) is 59.8 Å². The zero-order valence-corrected chi connectivity index (χ0v) is 17.8. The van der Waals surface area contributed by atoms with Crippen molar-refractivity contribution in [3.05, 3.63) is 51.3 Å². The number of anilines is 1. The largest absolute Gasteiger partial charge is 0.378 e. The lowest BCUT2D eigenvalue weighted by Gasteiger charge is -2.25. The van der Waals surface area contributed by atoms with Crippen molar-refractivity contribution in [1.82, 2.24) is 35.6 Å². The summed E-state index contributed by atoms with van der Waals surface area (Å²) in [6, 6.07) is 5.84. The van der Waals surface area contributed by atoms with E-state index in [2.05, 4.69) is 40.7 Å². The van der Waals surface area contributed by atoms with Crippen LogP contribution in [0.3, 0.4) is 0 Å². The summed E-state index contributed by atoms with van der Waals surface area (Å²) in [5.74, 6) is -0.562. The first kappa shape index (κ1) is 22.0. The Balaban J connectivity index is 1.59. The zero-order valence-electron chi connectivity index (χ0n) is 17.8. The third-order valence-corrected chi connectivity index (χ3v) is 5.29. The van der Waals surface area contributed by atoms with Gasteiger partial charge in [0.25, 0.3) is 11.6 Å². The number of likely N-dealkylation sites (tertiary alicyclic amines) is 1. The number of piperidine rings is 1. The van der Waals surface area contributed by atoms with E-state index in [1.807, 2.05) is 0 Å². The Hall–Kier alpha value is -4.20. The van der Waals surface area contributed by atoms with Crippen LogP contribution in [0, 0.1) is 10.1 Å². The summed E-state index contributed by atoms with van der Waals surface area (Å²) in [7, 11) is 0. The van der Waals surface area contributed by atoms with Crippen molar-refractivity contribution in [2.24, 2.45) is 5.10 Å². The average Bonchev–Trinajstić information content (AvgIpc) is 3.43. The van der Waals surface area contributed by atoms with E-state index in [0.29, 0.717) is 23.5 Å². The Morgan fingerprint density at radius 2 is 1.97 bits per heavy atom. The first-order valence-electron chi connectivity index (χ1n) is 10.3. The predicted octanol–water partition coefficient (Wildman–Crippen LogP) is 1.28. The minimum atomic E-state index is -0.573. The number of aromatic nitrogens is 5. The average molecular weight is 454 g/mol. The maximum Gasteiger partial charge on any atom is 0.292 e. The third kappa shape index (κ3) is 4.85. The molecule has 0 spiro atoms. The van der Waals surface area contributed by atoms with Crippen molar-refractivity contribution in [2.45, 2.75) is 32.7 Å². The van der Waals surface area contributed by atoms with E-state index < -0.39 is 10.8 Å². The number of nitro benzene ring substituents is 1. The molecule has 0 aliphatic carbocycles. The molecule has 3 heterocycles. The van der Waals surface area contributed by atoms with Crippen molar-refractivity contribution in [3.8, 4) is 5.82 Å². The number of nitrogen functional groups attached to an aromatic ring is 1. The van der Waals surface area contributed by atoms with Gasteiger partial charge in [-0.2, -0.15) is 9.78 Å². The van der Waals surface area contributed by atoms with Crippen LogP contribution in [0.4, 0.5) is 11.5 Å². The Morgan fingerprint density at radius 3 is 2.61 bits per heavy atom. The molecule has 0 saturated carbocycles. The van der Waals surface area contributed by atoms with Crippen molar-refractivity contribution in [3.63, 3.8) is 0 Å². The molecule has 1 fully saturated rings. The van der Waals surface area contributed by atoms with Crippen molar-refractivity contribution in [1.29, 1.82) is 0 Å². The van der Waals surface area contributed by atoms with E-state index >= 15 is 0 Å². The molecule has 1 aliphatic rings. The van der Waals surface area contributed by atoms with Crippen molar-refractivity contribution < 1.29 is 14.3 Å². The number of hydrogen-bond donors (Lipinski definition) is 2. The van der Waals surface area contributed by atoms with Crippen LogP contribution in [0.5, 0.6) is 0 Å². The highest BCUT2D eigenvalue weighted by Gasteiger charge is 2.26. The molecule has 1 aliphatic heterocycles. The number of nitrogens with one attached hydrogen (secondary N) is 1. The zero-order chi connectivity index (χ0) is 23.4. The molecule has 2 aromatic heterocycles. The highest BCUT2D eigenvalue weighted by molar-refractivity contribution is 6.01. The maximum atomic E-state index is 13.1. The number of nitrogens with two attached hydrogens (primary N) is 1. The molecule has 0 unspecified atom stereocenters. The first-order valence-corrected chi connectivity index (χ1v) is 10.3. The molecular formula is C19H22N10O4. The van der Waals surface area contributed by atoms with E-state index in [-0.39, 0.29) is 23.0 Å². The summed E-state index contributed by atoms with van der Waals surface area (Å²) in [6.45, 7) is 3.90. The van der Waals surface area contributed by atoms with Crippen LogP contribution < -0.4 is 11.2 Å². The molecule has 1 aromatic carbocycles. The second kappa shape index (κ2) is 9.52. The van der Waals surface area contributed by atoms with Gasteiger partial charge in [-0.3, -0.25) is 19.8 Å². The summed E-state index contributed by atoms with van der Waals surface area (Å²) in [6.07, 6.45) is 3.33. The highest BCUT2D eigenvalue weighted by Crippen LogP contribution is 2.19. The number of benzene rings is 1. The lowest BCUT2D eigenvalue weighted by atomic mass is 10.1. The molecule has 1 amide bonds. The topological polar surface area (TPSA) is 183 Å². The molecule has 14 nitrogen and oxygen atoms in total. The minimum absolute atomic E-state index is 0.0354. The fourth-order valence-electron chi connectivity index (χ4n) is 3.54. The molecule has 0 bridgehead atoms. The first-order chi connectivity index (χ1) is 15.9. The number of carbonyl (C=O) groups excluding carboxylic acids is 1. The smallest absolute Gasteiger partial charge is 0.292 e. The van der Waals surface area contributed by atoms with Gasteiger partial charge in [0.05, 0.1) is 10.6 Å². The Morgan fingerprint density at radius 1 is 1.24 bits per heavy atom. The molecule has 3 aromatic rings. The summed E-state index contributed by atoms with van der Waals surface area (Å²) >= 11 is 0. The van der Waals surface area contributed by atoms with E-state index in [0.717, 1.165) is 25.9 Å². The van der Waals surface area contributed by atoms with Gasteiger partial charge in [-0.25, -0.2) is 10.1 Å². The molecule has 4 rings (SSSR count). The van der Waals surface area contributed by atoms with Crippen LogP contribution in [-0.2, 0) is 6.54 Å². The van der Waals surface area contributed by atoms with Gasteiger partial charge in [0.15, 0.2) is 5.69 Å². The fraction of sp³-hybridized carbons (Fsp3) is 0.368. The molecular weight excluding hydrogens is 432 g/mol. The van der Waals surface area contributed by atoms with E-state index in [1.54, 1.807) is 19.1 Å². The van der Waals surface area contributed by atoms with Gasteiger partial charge in [-0.15, -0.1) is 5.10 Å². The molecule has 3 N–H and O–H groups in total. The molecule has 0 radical (unpaired) electrons. The van der Waals surface area contributed by atoms with Crippen LogP contribution in [0.2, 0.25) is 0 Å². The Bertz CT molecular complexity index is 1180. The molecule has 172 valence electrons. The number of hydrogen-bond acceptors (Lipinski definition) is 11. The van der Waals surface area contributed by atoms with Crippen molar-refractivity contribution >= 4 is 23.1 Å². The Kier molecular flexibility index (Phi) is 6.35. The van der Waals surface area contributed by atoms with Gasteiger partial charge < -0.3 is 5.73 Å². The number of nitro groups is 1. The van der Waals surface area contributed by atoms with Gasteiger partial charge in [0.2, 0.25) is 11.6 Å². The lowest BCUT2D eigenvalue weighted by Crippen LogP contribution is -2.31. The molecule has 0 atom stereocenters. The van der Waals surface area contributed by atoms with Gasteiger partial charge in [0.1, 0.15) is 5.69 Å². The molecule has 14 heteroatoms. The van der Waals surface area contributed by atoms with Gasteiger partial charge in [-0.05, 0) is 60.9 Å². The summed E-state index contributed by atoms with van der Waals surface area (Å²) in [5.41, 5.74) is 9.89. The van der Waals surface area contributed by atoms with Gasteiger partial charge in [-0.1, -0.05) is 11.6 Å². The van der Waals surface area contributed by atoms with Crippen molar-refractivity contribution in [2.75, 3.05) is 18.8 Å². The van der Waals surface area contributed by atoms with E-state index in [9.17, 15) is 14.9 Å². The van der Waals surface area contributed by atoms with Crippen LogP contribution in [0.15, 0.2) is 34.0 Å². The molecule has 1 saturated heterocycles. The SMILES string of the molecule is C/C(=N\NC(=O)c1c(CN2CCCCC2)nnn1-c1nonc1N)c1ccc([N+](=O)[O-])cc1. The number of carbonyl (C=O) groups is 1. The minimum Gasteiger partial charge on any atom is -0.378 e. The normalized spacial score (nSPS) is 14.9. The van der Waals surface area contributed by atoms with Gasteiger partial charge >= 0.3 is 0 Å². The van der Waals surface area contributed by atoms with Crippen LogP contribution in [0.1, 0.15) is 47.9 Å².